The predicted octanol–water partition coefficient (Wildman–Crippen LogP) is 1.85. The Morgan fingerprint density at radius 2 is 2.30 bits per heavy atom. The van der Waals surface area contributed by atoms with Crippen LogP contribution < -0.4 is 4.90 Å². The second-order valence-corrected chi connectivity index (χ2v) is 7.90. The second-order valence-electron chi connectivity index (χ2n) is 5.11. The van der Waals surface area contributed by atoms with Gasteiger partial charge < -0.3 is 9.30 Å². The van der Waals surface area contributed by atoms with Crippen LogP contribution >= 0.6 is 15.9 Å². The summed E-state index contributed by atoms with van der Waals surface area (Å²) in [6.45, 7) is 0. The Morgan fingerprint density at radius 3 is 2.95 bits per heavy atom. The van der Waals surface area contributed by atoms with Gasteiger partial charge in [0.1, 0.15) is 5.65 Å². The van der Waals surface area contributed by atoms with E-state index in [0.29, 0.717) is 11.8 Å². The van der Waals surface area contributed by atoms with Gasteiger partial charge in [0.2, 0.25) is 0 Å². The fraction of sp³-hybridized carbons (Fsp3) is 0.462. The molecule has 1 aliphatic rings. The summed E-state index contributed by atoms with van der Waals surface area (Å²) in [6.07, 6.45) is 2.65. The number of pyridine rings is 1. The highest BCUT2D eigenvalue weighted by atomic mass is 79.9. The SMILES string of the molecule is CN(c1nc2ccccn2c1CBr)C1CCS(=O)(=O)C1. The third-order valence-corrected chi connectivity index (χ3v) is 6.11. The maximum Gasteiger partial charge on any atom is 0.152 e. The van der Waals surface area contributed by atoms with Gasteiger partial charge in [0, 0.05) is 24.6 Å². The number of imidazole rings is 1. The maximum absolute atomic E-state index is 11.6. The Labute approximate surface area is 126 Å². The minimum atomic E-state index is -2.89. The monoisotopic (exact) mass is 357 g/mol. The highest BCUT2D eigenvalue weighted by Crippen LogP contribution is 2.27. The summed E-state index contributed by atoms with van der Waals surface area (Å²) in [4.78, 5) is 6.65. The van der Waals surface area contributed by atoms with Gasteiger partial charge in [-0.15, -0.1) is 0 Å². The molecule has 1 unspecified atom stereocenters. The number of fused-ring (bicyclic) bond motifs is 1. The molecule has 3 heterocycles. The zero-order valence-electron chi connectivity index (χ0n) is 11.2. The lowest BCUT2D eigenvalue weighted by Gasteiger charge is -2.24. The molecule has 1 fully saturated rings. The lowest BCUT2D eigenvalue weighted by Crippen LogP contribution is -2.33. The highest BCUT2D eigenvalue weighted by Gasteiger charge is 2.32. The first-order valence-corrected chi connectivity index (χ1v) is 9.41. The van der Waals surface area contributed by atoms with Crippen LogP contribution in [-0.4, -0.2) is 42.4 Å². The Bertz CT molecular complexity index is 741. The molecule has 1 atom stereocenters. The third kappa shape index (κ3) is 2.33. The topological polar surface area (TPSA) is 54.7 Å². The molecule has 0 spiro atoms. The standard InChI is InChI=1S/C13H16BrN3O2S/c1-16(10-5-7-20(18,19)9-10)13-11(8-14)17-6-3-2-4-12(17)15-13/h2-4,6,10H,5,7-9H2,1H3. The van der Waals surface area contributed by atoms with Crippen molar-refractivity contribution in [2.45, 2.75) is 17.8 Å². The van der Waals surface area contributed by atoms with Crippen LogP contribution in [-0.2, 0) is 15.2 Å². The van der Waals surface area contributed by atoms with Crippen LogP contribution in [0, 0.1) is 0 Å². The van der Waals surface area contributed by atoms with Gasteiger partial charge in [0.25, 0.3) is 0 Å². The smallest absolute Gasteiger partial charge is 0.152 e. The Morgan fingerprint density at radius 1 is 1.50 bits per heavy atom. The third-order valence-electron chi connectivity index (χ3n) is 3.82. The average Bonchev–Trinajstić information content (AvgIpc) is 2.97. The maximum atomic E-state index is 11.6. The summed E-state index contributed by atoms with van der Waals surface area (Å²) < 4.78 is 25.3. The quantitative estimate of drug-likeness (QED) is 0.786. The molecule has 0 aromatic carbocycles. The Hall–Kier alpha value is -1.08. The molecule has 5 nitrogen and oxygen atoms in total. The van der Waals surface area contributed by atoms with Crippen LogP contribution in [0.5, 0.6) is 0 Å². The fourth-order valence-electron chi connectivity index (χ4n) is 2.69. The summed E-state index contributed by atoms with van der Waals surface area (Å²) in [7, 11) is -0.956. The van der Waals surface area contributed by atoms with Crippen LogP contribution in [0.25, 0.3) is 5.65 Å². The lowest BCUT2D eigenvalue weighted by molar-refractivity contribution is 0.600. The molecular weight excluding hydrogens is 342 g/mol. The first-order chi connectivity index (χ1) is 9.52. The van der Waals surface area contributed by atoms with E-state index in [1.165, 1.54) is 0 Å². The first kappa shape index (κ1) is 13.9. The summed E-state index contributed by atoms with van der Waals surface area (Å²) in [5, 5.41) is 0.678. The lowest BCUT2D eigenvalue weighted by atomic mass is 10.2. The number of sulfone groups is 1. The van der Waals surface area contributed by atoms with Crippen LogP contribution in [0.3, 0.4) is 0 Å². The van der Waals surface area contributed by atoms with Crippen molar-refractivity contribution >= 4 is 37.2 Å². The zero-order chi connectivity index (χ0) is 14.3. The van der Waals surface area contributed by atoms with Crippen molar-refractivity contribution in [3.05, 3.63) is 30.1 Å². The van der Waals surface area contributed by atoms with Crippen molar-refractivity contribution in [1.82, 2.24) is 9.38 Å². The van der Waals surface area contributed by atoms with E-state index < -0.39 is 9.84 Å². The van der Waals surface area contributed by atoms with Gasteiger partial charge in [0.05, 0.1) is 17.2 Å². The summed E-state index contributed by atoms with van der Waals surface area (Å²) in [5.74, 6) is 1.35. The van der Waals surface area contributed by atoms with Gasteiger partial charge in [-0.05, 0) is 18.6 Å². The Balaban J connectivity index is 2.01. The van der Waals surface area contributed by atoms with E-state index in [0.717, 1.165) is 17.2 Å². The minimum Gasteiger partial charge on any atom is -0.354 e. The van der Waals surface area contributed by atoms with E-state index in [-0.39, 0.29) is 17.5 Å². The van der Waals surface area contributed by atoms with Crippen molar-refractivity contribution < 1.29 is 8.42 Å². The first-order valence-electron chi connectivity index (χ1n) is 6.47. The zero-order valence-corrected chi connectivity index (χ0v) is 13.6. The van der Waals surface area contributed by atoms with Crippen molar-refractivity contribution in [3.8, 4) is 0 Å². The molecule has 2 aromatic heterocycles. The Kier molecular flexibility index (Phi) is 3.50. The van der Waals surface area contributed by atoms with Crippen LogP contribution in [0.15, 0.2) is 24.4 Å². The highest BCUT2D eigenvalue weighted by molar-refractivity contribution is 9.08. The van der Waals surface area contributed by atoms with Gasteiger partial charge in [-0.3, -0.25) is 0 Å². The molecule has 1 aliphatic heterocycles. The number of rotatable bonds is 3. The molecule has 1 saturated heterocycles. The number of halogens is 1. The molecule has 2 aromatic rings. The summed E-state index contributed by atoms with van der Waals surface area (Å²) in [5.41, 5.74) is 1.93. The summed E-state index contributed by atoms with van der Waals surface area (Å²) >= 11 is 3.50. The fourth-order valence-corrected chi connectivity index (χ4v) is 4.99. The van der Waals surface area contributed by atoms with Gasteiger partial charge >= 0.3 is 0 Å². The van der Waals surface area contributed by atoms with Gasteiger partial charge in [-0.25, -0.2) is 13.4 Å². The number of alkyl halides is 1. The van der Waals surface area contributed by atoms with E-state index in [2.05, 4.69) is 20.9 Å². The van der Waals surface area contributed by atoms with E-state index in [4.69, 9.17) is 0 Å². The van der Waals surface area contributed by atoms with Gasteiger partial charge in [-0.1, -0.05) is 22.0 Å². The average molecular weight is 358 g/mol. The van der Waals surface area contributed by atoms with Crippen LogP contribution in [0.2, 0.25) is 0 Å². The number of hydrogen-bond acceptors (Lipinski definition) is 4. The molecule has 0 N–H and O–H groups in total. The van der Waals surface area contributed by atoms with Gasteiger partial charge in [-0.2, -0.15) is 0 Å². The number of anilines is 1. The predicted molar refractivity (Wildman–Crippen MR) is 83.3 cm³/mol. The molecule has 3 rings (SSSR count). The molecule has 108 valence electrons. The molecule has 7 heteroatoms. The second kappa shape index (κ2) is 5.04. The molecule has 0 bridgehead atoms. The molecule has 0 radical (unpaired) electrons. The number of aromatic nitrogens is 2. The molecule has 0 amide bonds. The summed E-state index contributed by atoms with van der Waals surface area (Å²) in [6, 6.07) is 5.88. The van der Waals surface area contributed by atoms with Crippen LogP contribution in [0.1, 0.15) is 12.1 Å². The van der Waals surface area contributed by atoms with Crippen molar-refractivity contribution in [2.24, 2.45) is 0 Å². The van der Waals surface area contributed by atoms with Crippen molar-refractivity contribution in [3.63, 3.8) is 0 Å². The van der Waals surface area contributed by atoms with E-state index >= 15 is 0 Å². The normalized spacial score (nSPS) is 21.4. The van der Waals surface area contributed by atoms with Crippen molar-refractivity contribution in [1.29, 1.82) is 0 Å². The van der Waals surface area contributed by atoms with Crippen molar-refractivity contribution in [2.75, 3.05) is 23.5 Å². The van der Waals surface area contributed by atoms with E-state index in [1.54, 1.807) is 0 Å². The van der Waals surface area contributed by atoms with E-state index in [9.17, 15) is 8.42 Å². The molecular formula is C13H16BrN3O2S. The molecule has 0 aliphatic carbocycles. The minimum absolute atomic E-state index is 0.0164. The number of hydrogen-bond donors (Lipinski definition) is 0. The largest absolute Gasteiger partial charge is 0.354 e. The molecule has 20 heavy (non-hydrogen) atoms. The van der Waals surface area contributed by atoms with E-state index in [1.807, 2.05) is 40.7 Å². The van der Waals surface area contributed by atoms with Crippen LogP contribution in [0.4, 0.5) is 5.82 Å². The molecule has 0 saturated carbocycles. The van der Waals surface area contributed by atoms with Gasteiger partial charge in [0.15, 0.2) is 15.7 Å². The number of nitrogens with zero attached hydrogens (tertiary/aromatic N) is 3.